The van der Waals surface area contributed by atoms with Crippen molar-refractivity contribution in [1.29, 1.82) is 0 Å². The summed E-state index contributed by atoms with van der Waals surface area (Å²) < 4.78 is 14.3. The van der Waals surface area contributed by atoms with Crippen molar-refractivity contribution in [3.63, 3.8) is 0 Å². The number of hydrogen-bond acceptors (Lipinski definition) is 1. The Hall–Kier alpha value is -0.890. The monoisotopic (exact) mass is 277 g/mol. The zero-order valence-electron chi connectivity index (χ0n) is 13.1. The van der Waals surface area contributed by atoms with Crippen molar-refractivity contribution in [2.45, 2.75) is 64.8 Å². The van der Waals surface area contributed by atoms with E-state index in [2.05, 4.69) is 11.4 Å². The average Bonchev–Trinajstić information content (AvgIpc) is 2.65. The Morgan fingerprint density at radius 3 is 2.35 bits per heavy atom. The summed E-state index contributed by atoms with van der Waals surface area (Å²) in [5.41, 5.74) is 2.96. The van der Waals surface area contributed by atoms with E-state index in [0.717, 1.165) is 29.0 Å². The van der Waals surface area contributed by atoms with Crippen LogP contribution in [0.5, 0.6) is 0 Å². The van der Waals surface area contributed by atoms with Crippen molar-refractivity contribution in [2.75, 3.05) is 7.05 Å². The molecule has 0 radical (unpaired) electrons. The lowest BCUT2D eigenvalue weighted by atomic mass is 9.87. The maximum Gasteiger partial charge on any atom is 0.128 e. The predicted octanol–water partition coefficient (Wildman–Crippen LogP) is 5.06. The SMILES string of the molecule is CNC(CC1CCCCCC1)c1c(C)cc(C)cc1F. The van der Waals surface area contributed by atoms with Crippen LogP contribution in [0.25, 0.3) is 0 Å². The Labute approximate surface area is 123 Å². The second-order valence-corrected chi connectivity index (χ2v) is 6.41. The van der Waals surface area contributed by atoms with Crippen molar-refractivity contribution in [1.82, 2.24) is 5.32 Å². The molecule has 0 spiro atoms. The summed E-state index contributed by atoms with van der Waals surface area (Å²) in [5, 5.41) is 3.35. The van der Waals surface area contributed by atoms with Gasteiger partial charge in [0.05, 0.1) is 0 Å². The maximum atomic E-state index is 14.3. The van der Waals surface area contributed by atoms with E-state index in [-0.39, 0.29) is 11.9 Å². The second kappa shape index (κ2) is 7.21. The number of hydrogen-bond donors (Lipinski definition) is 1. The Kier molecular flexibility index (Phi) is 5.59. The summed E-state index contributed by atoms with van der Waals surface area (Å²) in [7, 11) is 1.96. The Morgan fingerprint density at radius 2 is 1.80 bits per heavy atom. The smallest absolute Gasteiger partial charge is 0.128 e. The lowest BCUT2D eigenvalue weighted by Gasteiger charge is -2.24. The van der Waals surface area contributed by atoms with Crippen LogP contribution in [0.2, 0.25) is 0 Å². The lowest BCUT2D eigenvalue weighted by molar-refractivity contribution is 0.361. The van der Waals surface area contributed by atoms with Gasteiger partial charge in [0.25, 0.3) is 0 Å². The summed E-state index contributed by atoms with van der Waals surface area (Å²) in [6.07, 6.45) is 9.12. The predicted molar refractivity (Wildman–Crippen MR) is 83.5 cm³/mol. The van der Waals surface area contributed by atoms with E-state index in [0.29, 0.717) is 0 Å². The van der Waals surface area contributed by atoms with Gasteiger partial charge in [-0.25, -0.2) is 4.39 Å². The molecule has 1 aromatic carbocycles. The minimum atomic E-state index is -0.0459. The van der Waals surface area contributed by atoms with Crippen molar-refractivity contribution in [3.05, 3.63) is 34.6 Å². The maximum absolute atomic E-state index is 14.3. The van der Waals surface area contributed by atoms with Crippen LogP contribution in [0.3, 0.4) is 0 Å². The van der Waals surface area contributed by atoms with Crippen LogP contribution < -0.4 is 5.32 Å². The first-order valence-electron chi connectivity index (χ1n) is 8.05. The Morgan fingerprint density at radius 1 is 1.15 bits per heavy atom. The van der Waals surface area contributed by atoms with Gasteiger partial charge >= 0.3 is 0 Å². The molecule has 1 N–H and O–H groups in total. The molecule has 1 saturated carbocycles. The third-order valence-electron chi connectivity index (χ3n) is 4.72. The molecule has 2 heteroatoms. The highest BCUT2D eigenvalue weighted by molar-refractivity contribution is 5.34. The van der Waals surface area contributed by atoms with Crippen molar-refractivity contribution in [3.8, 4) is 0 Å². The molecule has 0 saturated heterocycles. The molecule has 1 aromatic rings. The minimum Gasteiger partial charge on any atom is -0.313 e. The van der Waals surface area contributed by atoms with Crippen LogP contribution in [-0.2, 0) is 0 Å². The zero-order chi connectivity index (χ0) is 14.5. The molecule has 2 rings (SSSR count). The van der Waals surface area contributed by atoms with Crippen molar-refractivity contribution >= 4 is 0 Å². The average molecular weight is 277 g/mol. The Balaban J connectivity index is 2.15. The molecule has 1 atom stereocenters. The van der Waals surface area contributed by atoms with Gasteiger partial charge in [-0.1, -0.05) is 44.6 Å². The van der Waals surface area contributed by atoms with E-state index < -0.39 is 0 Å². The zero-order valence-corrected chi connectivity index (χ0v) is 13.1. The van der Waals surface area contributed by atoms with Gasteiger partial charge in [-0.15, -0.1) is 0 Å². The van der Waals surface area contributed by atoms with E-state index in [1.54, 1.807) is 6.07 Å². The fourth-order valence-electron chi connectivity index (χ4n) is 3.68. The van der Waals surface area contributed by atoms with Gasteiger partial charge in [-0.05, 0) is 50.4 Å². The molecule has 0 bridgehead atoms. The van der Waals surface area contributed by atoms with E-state index in [4.69, 9.17) is 0 Å². The molecule has 20 heavy (non-hydrogen) atoms. The van der Waals surface area contributed by atoms with Gasteiger partial charge in [-0.2, -0.15) is 0 Å². The third-order valence-corrected chi connectivity index (χ3v) is 4.72. The largest absolute Gasteiger partial charge is 0.313 e. The standard InChI is InChI=1S/C18H28FN/c1-13-10-14(2)18(16(19)11-13)17(20-3)12-15-8-6-4-5-7-9-15/h10-11,15,17,20H,4-9,12H2,1-3H3. The van der Waals surface area contributed by atoms with Gasteiger partial charge in [-0.3, -0.25) is 0 Å². The number of aryl methyl sites for hydroxylation is 2. The molecule has 1 aliphatic rings. The number of rotatable bonds is 4. The molecule has 1 nitrogen and oxygen atoms in total. The lowest BCUT2D eigenvalue weighted by Crippen LogP contribution is -2.22. The van der Waals surface area contributed by atoms with Crippen LogP contribution >= 0.6 is 0 Å². The number of halogens is 1. The molecule has 0 heterocycles. The molecule has 1 unspecified atom stereocenters. The first kappa shape index (κ1) is 15.5. The number of benzene rings is 1. The summed E-state index contributed by atoms with van der Waals surface area (Å²) in [5.74, 6) is 0.700. The van der Waals surface area contributed by atoms with Gasteiger partial charge < -0.3 is 5.32 Å². The molecule has 0 aliphatic heterocycles. The molecule has 112 valence electrons. The van der Waals surface area contributed by atoms with Gasteiger partial charge in [0.15, 0.2) is 0 Å². The van der Waals surface area contributed by atoms with Gasteiger partial charge in [0.1, 0.15) is 5.82 Å². The summed E-state index contributed by atoms with van der Waals surface area (Å²) >= 11 is 0. The van der Waals surface area contributed by atoms with E-state index in [1.165, 1.54) is 38.5 Å². The minimum absolute atomic E-state index is 0.0459. The molecule has 0 aromatic heterocycles. The van der Waals surface area contributed by atoms with Crippen molar-refractivity contribution in [2.24, 2.45) is 5.92 Å². The van der Waals surface area contributed by atoms with E-state index in [1.807, 2.05) is 20.9 Å². The van der Waals surface area contributed by atoms with Crippen LogP contribution in [0.4, 0.5) is 4.39 Å². The van der Waals surface area contributed by atoms with Crippen LogP contribution in [0.1, 0.15) is 67.7 Å². The van der Waals surface area contributed by atoms with Gasteiger partial charge in [0, 0.05) is 11.6 Å². The van der Waals surface area contributed by atoms with E-state index in [9.17, 15) is 4.39 Å². The Bertz CT molecular complexity index is 410. The molecule has 1 aliphatic carbocycles. The highest BCUT2D eigenvalue weighted by atomic mass is 19.1. The van der Waals surface area contributed by atoms with Crippen LogP contribution in [0, 0.1) is 25.6 Å². The fourth-order valence-corrected chi connectivity index (χ4v) is 3.68. The van der Waals surface area contributed by atoms with Crippen LogP contribution in [-0.4, -0.2) is 7.05 Å². The highest BCUT2D eigenvalue weighted by Gasteiger charge is 2.22. The molecular formula is C18H28FN. The molecule has 0 amide bonds. The molecular weight excluding hydrogens is 249 g/mol. The normalized spacial score (nSPS) is 18.8. The summed E-state index contributed by atoms with van der Waals surface area (Å²) in [6, 6.07) is 3.91. The number of nitrogens with one attached hydrogen (secondary N) is 1. The highest BCUT2D eigenvalue weighted by Crippen LogP contribution is 2.33. The quantitative estimate of drug-likeness (QED) is 0.758. The van der Waals surface area contributed by atoms with Gasteiger partial charge in [0.2, 0.25) is 0 Å². The fraction of sp³-hybridized carbons (Fsp3) is 0.667. The van der Waals surface area contributed by atoms with Crippen LogP contribution in [0.15, 0.2) is 12.1 Å². The third kappa shape index (κ3) is 3.82. The van der Waals surface area contributed by atoms with Crippen molar-refractivity contribution < 1.29 is 4.39 Å². The first-order chi connectivity index (χ1) is 9.61. The topological polar surface area (TPSA) is 12.0 Å². The summed E-state index contributed by atoms with van der Waals surface area (Å²) in [4.78, 5) is 0. The summed E-state index contributed by atoms with van der Waals surface area (Å²) in [6.45, 7) is 3.99. The first-order valence-corrected chi connectivity index (χ1v) is 8.05. The van der Waals surface area contributed by atoms with E-state index >= 15 is 0 Å². The molecule has 1 fully saturated rings. The second-order valence-electron chi connectivity index (χ2n) is 6.41.